The van der Waals surface area contributed by atoms with Crippen molar-refractivity contribution in [3.63, 3.8) is 0 Å². The molecule has 2 aromatic rings. The molecule has 2 aromatic heterocycles. The summed E-state index contributed by atoms with van der Waals surface area (Å²) >= 11 is 11.1. The van der Waals surface area contributed by atoms with Crippen LogP contribution in [0.4, 0.5) is 11.6 Å². The molecule has 16 heavy (non-hydrogen) atoms. The van der Waals surface area contributed by atoms with E-state index in [2.05, 4.69) is 31.2 Å². The van der Waals surface area contributed by atoms with Gasteiger partial charge in [-0.1, -0.05) is 11.6 Å². The Kier molecular flexibility index (Phi) is 3.63. The minimum absolute atomic E-state index is 0.282. The van der Waals surface area contributed by atoms with Gasteiger partial charge < -0.3 is 11.1 Å². The molecule has 0 unspecified atom stereocenters. The quantitative estimate of drug-likeness (QED) is 0.912. The van der Waals surface area contributed by atoms with Gasteiger partial charge in [-0.2, -0.15) is 0 Å². The third kappa shape index (κ3) is 2.45. The first-order valence-electron chi connectivity index (χ1n) is 4.40. The molecule has 0 aliphatic carbocycles. The first-order valence-corrected chi connectivity index (χ1v) is 6.45. The van der Waals surface area contributed by atoms with Crippen LogP contribution >= 0.6 is 38.9 Å². The molecule has 0 spiro atoms. The molecule has 0 saturated carbocycles. The molecule has 0 atom stereocenters. The van der Waals surface area contributed by atoms with Gasteiger partial charge in [-0.3, -0.25) is 0 Å². The number of hydrogen-bond acceptors (Lipinski definition) is 5. The van der Waals surface area contributed by atoms with E-state index in [1.165, 1.54) is 11.2 Å². The van der Waals surface area contributed by atoms with Crippen LogP contribution in [0, 0.1) is 0 Å². The van der Waals surface area contributed by atoms with Gasteiger partial charge >= 0.3 is 0 Å². The summed E-state index contributed by atoms with van der Waals surface area (Å²) in [5.74, 6) is 0.832. The standard InChI is InChI=1S/C9H8BrClN4S/c10-5-1-2-16-6(5)3-13-9-7(11)8(12)14-4-15-9/h1-2,4H,3H2,(H3,12,13,14,15). The minimum atomic E-state index is 0.282. The van der Waals surface area contributed by atoms with Crippen LogP contribution in [0.15, 0.2) is 22.2 Å². The summed E-state index contributed by atoms with van der Waals surface area (Å²) in [7, 11) is 0. The van der Waals surface area contributed by atoms with Crippen molar-refractivity contribution in [3.05, 3.63) is 32.1 Å². The van der Waals surface area contributed by atoms with E-state index in [-0.39, 0.29) is 5.82 Å². The van der Waals surface area contributed by atoms with Gasteiger partial charge in [0.15, 0.2) is 5.82 Å². The number of nitrogen functional groups attached to an aromatic ring is 1. The summed E-state index contributed by atoms with van der Waals surface area (Å²) in [4.78, 5) is 8.99. The fraction of sp³-hybridized carbons (Fsp3) is 0.111. The molecule has 0 amide bonds. The zero-order valence-corrected chi connectivity index (χ0v) is 11.2. The largest absolute Gasteiger partial charge is 0.382 e. The number of thiophene rings is 1. The predicted octanol–water partition coefficient (Wildman–Crippen LogP) is 3.15. The molecule has 3 N–H and O–H groups in total. The molecule has 84 valence electrons. The summed E-state index contributed by atoms with van der Waals surface area (Å²) in [5, 5.41) is 5.48. The molecule has 7 heteroatoms. The molecule has 0 bridgehead atoms. The van der Waals surface area contributed by atoms with Crippen LogP contribution in [0.25, 0.3) is 0 Å². The van der Waals surface area contributed by atoms with Crippen molar-refractivity contribution < 1.29 is 0 Å². The van der Waals surface area contributed by atoms with Crippen LogP contribution in [-0.4, -0.2) is 9.97 Å². The lowest BCUT2D eigenvalue weighted by Gasteiger charge is -2.07. The lowest BCUT2D eigenvalue weighted by molar-refractivity contribution is 1.10. The number of anilines is 2. The van der Waals surface area contributed by atoms with E-state index >= 15 is 0 Å². The number of rotatable bonds is 3. The maximum atomic E-state index is 5.95. The molecule has 0 fully saturated rings. The summed E-state index contributed by atoms with van der Waals surface area (Å²) in [6, 6.07) is 2.00. The highest BCUT2D eigenvalue weighted by Gasteiger charge is 2.07. The van der Waals surface area contributed by atoms with Crippen molar-refractivity contribution in [1.82, 2.24) is 9.97 Å². The van der Waals surface area contributed by atoms with Crippen molar-refractivity contribution in [2.75, 3.05) is 11.1 Å². The first-order chi connectivity index (χ1) is 7.68. The second-order valence-electron chi connectivity index (χ2n) is 2.97. The first kappa shape index (κ1) is 11.6. The number of nitrogens with zero attached hydrogens (tertiary/aromatic N) is 2. The average molecular weight is 320 g/mol. The Bertz CT molecular complexity index is 502. The van der Waals surface area contributed by atoms with Crippen LogP contribution in [0.3, 0.4) is 0 Å². The Morgan fingerprint density at radius 3 is 3.00 bits per heavy atom. The topological polar surface area (TPSA) is 63.8 Å². The van der Waals surface area contributed by atoms with Crippen LogP contribution in [0.2, 0.25) is 5.02 Å². The van der Waals surface area contributed by atoms with E-state index < -0.39 is 0 Å². The lowest BCUT2D eigenvalue weighted by atomic mass is 10.4. The van der Waals surface area contributed by atoms with Gasteiger partial charge in [-0.15, -0.1) is 11.3 Å². The van der Waals surface area contributed by atoms with Gasteiger partial charge in [0.25, 0.3) is 0 Å². The average Bonchev–Trinajstić information content (AvgIpc) is 2.67. The molecule has 0 aliphatic heterocycles. The van der Waals surface area contributed by atoms with Gasteiger partial charge in [-0.25, -0.2) is 9.97 Å². The van der Waals surface area contributed by atoms with Crippen molar-refractivity contribution >= 4 is 50.5 Å². The van der Waals surface area contributed by atoms with Crippen molar-refractivity contribution in [2.45, 2.75) is 6.54 Å². The smallest absolute Gasteiger partial charge is 0.150 e. The molecule has 2 rings (SSSR count). The fourth-order valence-corrected chi connectivity index (χ4v) is 2.72. The molecule has 2 heterocycles. The van der Waals surface area contributed by atoms with Gasteiger partial charge in [0.1, 0.15) is 17.2 Å². The molecular weight excluding hydrogens is 312 g/mol. The van der Waals surface area contributed by atoms with E-state index in [0.29, 0.717) is 17.4 Å². The Balaban J connectivity index is 2.11. The highest BCUT2D eigenvalue weighted by molar-refractivity contribution is 9.10. The molecule has 4 nitrogen and oxygen atoms in total. The summed E-state index contributed by atoms with van der Waals surface area (Å²) in [5.41, 5.74) is 5.57. The summed E-state index contributed by atoms with van der Waals surface area (Å²) in [6.07, 6.45) is 1.38. The highest BCUT2D eigenvalue weighted by Crippen LogP contribution is 2.26. The third-order valence-corrected chi connectivity index (χ3v) is 4.22. The van der Waals surface area contributed by atoms with Gasteiger partial charge in [-0.05, 0) is 27.4 Å². The zero-order valence-electron chi connectivity index (χ0n) is 8.08. The predicted molar refractivity (Wildman–Crippen MR) is 70.8 cm³/mol. The SMILES string of the molecule is Nc1ncnc(NCc2sccc2Br)c1Cl. The van der Waals surface area contributed by atoms with Gasteiger partial charge in [0.05, 0.1) is 6.54 Å². The molecule has 0 aromatic carbocycles. The van der Waals surface area contributed by atoms with Crippen LogP contribution in [0.5, 0.6) is 0 Å². The minimum Gasteiger partial charge on any atom is -0.382 e. The number of nitrogens with one attached hydrogen (secondary N) is 1. The van der Waals surface area contributed by atoms with Crippen LogP contribution < -0.4 is 11.1 Å². The van der Waals surface area contributed by atoms with Crippen LogP contribution in [0.1, 0.15) is 4.88 Å². The highest BCUT2D eigenvalue weighted by atomic mass is 79.9. The van der Waals surface area contributed by atoms with E-state index in [9.17, 15) is 0 Å². The van der Waals surface area contributed by atoms with Crippen molar-refractivity contribution in [1.29, 1.82) is 0 Å². The van der Waals surface area contributed by atoms with E-state index in [1.807, 2.05) is 11.4 Å². The third-order valence-electron chi connectivity index (χ3n) is 1.92. The Hall–Kier alpha value is -0.850. The number of halogens is 2. The molecule has 0 radical (unpaired) electrons. The summed E-state index contributed by atoms with van der Waals surface area (Å²) in [6.45, 7) is 0.647. The summed E-state index contributed by atoms with van der Waals surface area (Å²) < 4.78 is 1.07. The second-order valence-corrected chi connectivity index (χ2v) is 5.20. The van der Waals surface area contributed by atoms with E-state index in [1.54, 1.807) is 11.3 Å². The fourth-order valence-electron chi connectivity index (χ4n) is 1.12. The Morgan fingerprint density at radius 2 is 2.31 bits per heavy atom. The molecular formula is C9H8BrClN4S. The lowest BCUT2D eigenvalue weighted by Crippen LogP contribution is -2.03. The van der Waals surface area contributed by atoms with E-state index in [0.717, 1.165) is 4.47 Å². The van der Waals surface area contributed by atoms with Crippen molar-refractivity contribution in [3.8, 4) is 0 Å². The zero-order chi connectivity index (χ0) is 11.5. The number of aromatic nitrogens is 2. The van der Waals surface area contributed by atoms with Gasteiger partial charge in [0, 0.05) is 9.35 Å². The number of nitrogens with two attached hydrogens (primary N) is 1. The molecule has 0 saturated heterocycles. The maximum Gasteiger partial charge on any atom is 0.150 e. The van der Waals surface area contributed by atoms with E-state index in [4.69, 9.17) is 17.3 Å². The van der Waals surface area contributed by atoms with Crippen molar-refractivity contribution in [2.24, 2.45) is 0 Å². The Morgan fingerprint density at radius 1 is 1.50 bits per heavy atom. The van der Waals surface area contributed by atoms with Gasteiger partial charge in [0.2, 0.25) is 0 Å². The second kappa shape index (κ2) is 4.99. The Labute approximate surface area is 110 Å². The monoisotopic (exact) mass is 318 g/mol. The molecule has 0 aliphatic rings. The normalized spacial score (nSPS) is 10.4. The number of hydrogen-bond donors (Lipinski definition) is 2. The van der Waals surface area contributed by atoms with Crippen LogP contribution in [-0.2, 0) is 6.54 Å². The maximum absolute atomic E-state index is 5.95.